The molecule has 0 saturated heterocycles. The first-order chi connectivity index (χ1) is 13.1. The minimum Gasteiger partial charge on any atom is -0.342 e. The molecule has 0 saturated carbocycles. The van der Waals surface area contributed by atoms with E-state index in [4.69, 9.17) is 22.1 Å². The first-order valence-electron chi connectivity index (χ1n) is 8.77. The summed E-state index contributed by atoms with van der Waals surface area (Å²) in [6.45, 7) is 0. The van der Waals surface area contributed by atoms with Gasteiger partial charge in [0.2, 0.25) is 0 Å². The maximum Gasteiger partial charge on any atom is 0.293 e. The van der Waals surface area contributed by atoms with Crippen molar-refractivity contribution in [2.24, 2.45) is 0 Å². The molecule has 0 aromatic heterocycles. The van der Waals surface area contributed by atoms with Gasteiger partial charge in [0.1, 0.15) is 5.25 Å². The molecule has 27 heavy (non-hydrogen) atoms. The van der Waals surface area contributed by atoms with Gasteiger partial charge in [-0.2, -0.15) is 12.6 Å². The number of hydrogen-bond acceptors (Lipinski definition) is 4. The summed E-state index contributed by atoms with van der Waals surface area (Å²) in [6, 6.07) is 30.0. The number of benzene rings is 3. The van der Waals surface area contributed by atoms with Crippen molar-refractivity contribution in [3.63, 3.8) is 0 Å². The third-order valence-corrected chi connectivity index (χ3v) is 5.74. The molecule has 1 N–H and O–H groups in total. The van der Waals surface area contributed by atoms with Crippen LogP contribution in [0.1, 0.15) is 16.7 Å². The Bertz CT molecular complexity index is 737. The van der Waals surface area contributed by atoms with Gasteiger partial charge in [-0.05, 0) is 16.7 Å². The number of hydrogen-bond donors (Lipinski definition) is 2. The second-order valence-corrected chi connectivity index (χ2v) is 6.86. The van der Waals surface area contributed by atoms with E-state index in [-0.39, 0.29) is 0 Å². The van der Waals surface area contributed by atoms with Gasteiger partial charge in [0.25, 0.3) is 5.97 Å². The average Bonchev–Trinajstić information content (AvgIpc) is 2.76. The Labute approximate surface area is 166 Å². The van der Waals surface area contributed by atoms with Crippen LogP contribution in [0.15, 0.2) is 91.0 Å². The normalized spacial score (nSPS) is 13.3. The molecule has 3 aromatic carbocycles. The van der Waals surface area contributed by atoms with Crippen molar-refractivity contribution in [2.75, 3.05) is 14.2 Å². The monoisotopic (exact) mass is 380 g/mol. The Morgan fingerprint density at radius 2 is 0.963 bits per heavy atom. The molecule has 0 unspecified atom stereocenters. The highest BCUT2D eigenvalue weighted by atomic mass is 32.1. The van der Waals surface area contributed by atoms with Crippen LogP contribution in [-0.2, 0) is 14.9 Å². The number of rotatable bonds is 7. The molecule has 0 spiro atoms. The summed E-state index contributed by atoms with van der Waals surface area (Å²) in [5.41, 5.74) is 2.13. The molecule has 0 amide bonds. The minimum absolute atomic E-state index is 0.757. The van der Waals surface area contributed by atoms with Gasteiger partial charge in [0, 0.05) is 14.2 Å². The third kappa shape index (κ3) is 3.42. The van der Waals surface area contributed by atoms with E-state index in [1.807, 2.05) is 91.0 Å². The van der Waals surface area contributed by atoms with Crippen molar-refractivity contribution in [3.05, 3.63) is 108 Å². The molecule has 0 aliphatic carbocycles. The van der Waals surface area contributed by atoms with Crippen molar-refractivity contribution >= 4 is 12.6 Å². The van der Waals surface area contributed by atoms with E-state index in [0.29, 0.717) is 0 Å². The number of aliphatic hydroxyl groups is 1. The molecule has 0 aliphatic heterocycles. The quantitative estimate of drug-likeness (QED) is 0.365. The largest absolute Gasteiger partial charge is 0.342 e. The average molecular weight is 381 g/mol. The molecule has 4 heteroatoms. The van der Waals surface area contributed by atoms with E-state index in [0.717, 1.165) is 16.7 Å². The molecule has 3 aromatic rings. The molecular formula is C23H24O3S. The van der Waals surface area contributed by atoms with E-state index in [1.165, 1.54) is 14.2 Å². The zero-order valence-electron chi connectivity index (χ0n) is 15.4. The standard InChI is InChI=1S/C23H24O3S/c1-25-23(24,26-2)21(27)22(18-12-6-3-7-13-18,19-14-8-4-9-15-19)20-16-10-5-11-17-20/h3-17,21,24,27H,1-2H3/t21-/m0/s1. The Balaban J connectivity index is 2.40. The van der Waals surface area contributed by atoms with Crippen molar-refractivity contribution in [3.8, 4) is 0 Å². The second kappa shape index (κ2) is 8.28. The topological polar surface area (TPSA) is 38.7 Å². The maximum atomic E-state index is 11.1. The van der Waals surface area contributed by atoms with E-state index < -0.39 is 16.6 Å². The van der Waals surface area contributed by atoms with Gasteiger partial charge in [-0.25, -0.2) is 0 Å². The van der Waals surface area contributed by atoms with Crippen LogP contribution in [0.5, 0.6) is 0 Å². The molecule has 140 valence electrons. The van der Waals surface area contributed by atoms with Crippen molar-refractivity contribution in [1.82, 2.24) is 0 Å². The SMILES string of the molecule is COC(O)(OC)[C@@H](S)C(c1ccccc1)(c1ccccc1)c1ccccc1. The van der Waals surface area contributed by atoms with Crippen LogP contribution in [0.4, 0.5) is 0 Å². The fraction of sp³-hybridized carbons (Fsp3) is 0.217. The molecule has 0 fully saturated rings. The zero-order chi connectivity index (χ0) is 19.3. The first kappa shape index (κ1) is 19.6. The molecule has 3 nitrogen and oxygen atoms in total. The summed E-state index contributed by atoms with van der Waals surface area (Å²) < 4.78 is 10.8. The zero-order valence-corrected chi connectivity index (χ0v) is 16.3. The van der Waals surface area contributed by atoms with Gasteiger partial charge in [0.15, 0.2) is 0 Å². The van der Waals surface area contributed by atoms with Gasteiger partial charge < -0.3 is 14.6 Å². The summed E-state index contributed by atoms with van der Waals surface area (Å²) in [4.78, 5) is 0. The minimum atomic E-state index is -1.90. The number of thiol groups is 1. The van der Waals surface area contributed by atoms with E-state index >= 15 is 0 Å². The number of methoxy groups -OCH3 is 2. The predicted octanol–water partition coefficient (Wildman–Crippen LogP) is 4.26. The van der Waals surface area contributed by atoms with Crippen LogP contribution in [0.25, 0.3) is 0 Å². The lowest BCUT2D eigenvalue weighted by atomic mass is 9.66. The molecule has 0 aliphatic rings. The smallest absolute Gasteiger partial charge is 0.293 e. The lowest BCUT2D eigenvalue weighted by Crippen LogP contribution is -2.55. The lowest BCUT2D eigenvalue weighted by molar-refractivity contribution is -0.341. The van der Waals surface area contributed by atoms with Crippen molar-refractivity contribution < 1.29 is 14.6 Å². The van der Waals surface area contributed by atoms with Crippen LogP contribution in [0.2, 0.25) is 0 Å². The van der Waals surface area contributed by atoms with Crippen LogP contribution < -0.4 is 0 Å². The highest BCUT2D eigenvalue weighted by Crippen LogP contribution is 2.48. The van der Waals surface area contributed by atoms with Gasteiger partial charge >= 0.3 is 0 Å². The molecule has 0 heterocycles. The summed E-state index contributed by atoms with van der Waals surface area (Å²) in [6.07, 6.45) is 0. The molecule has 0 radical (unpaired) electrons. The molecule has 3 rings (SSSR count). The van der Waals surface area contributed by atoms with Crippen LogP contribution in [0, 0.1) is 0 Å². The second-order valence-electron chi connectivity index (χ2n) is 6.35. The molecular weight excluding hydrogens is 356 g/mol. The van der Waals surface area contributed by atoms with Crippen LogP contribution in [-0.4, -0.2) is 30.5 Å². The van der Waals surface area contributed by atoms with E-state index in [1.54, 1.807) is 0 Å². The highest BCUT2D eigenvalue weighted by molar-refractivity contribution is 7.81. The van der Waals surface area contributed by atoms with E-state index in [2.05, 4.69) is 0 Å². The Morgan fingerprint density at radius 1 is 0.667 bits per heavy atom. The predicted molar refractivity (Wildman–Crippen MR) is 111 cm³/mol. The van der Waals surface area contributed by atoms with Crippen LogP contribution >= 0.6 is 12.6 Å². The summed E-state index contributed by atoms with van der Waals surface area (Å²) in [7, 11) is 2.83. The first-order valence-corrected chi connectivity index (χ1v) is 9.28. The molecule has 1 atom stereocenters. The third-order valence-electron chi connectivity index (χ3n) is 5.03. The summed E-state index contributed by atoms with van der Waals surface area (Å²) in [5, 5.41) is 10.3. The number of ether oxygens (including phenoxy) is 2. The highest BCUT2D eigenvalue weighted by Gasteiger charge is 2.53. The van der Waals surface area contributed by atoms with E-state index in [9.17, 15) is 5.11 Å². The van der Waals surface area contributed by atoms with Gasteiger partial charge in [-0.3, -0.25) is 0 Å². The van der Waals surface area contributed by atoms with Gasteiger partial charge in [-0.1, -0.05) is 91.0 Å². The Kier molecular flexibility index (Phi) is 6.02. The Morgan fingerprint density at radius 3 is 1.22 bits per heavy atom. The van der Waals surface area contributed by atoms with Gasteiger partial charge in [0.05, 0.1) is 5.41 Å². The van der Waals surface area contributed by atoms with Gasteiger partial charge in [-0.15, -0.1) is 0 Å². The summed E-state index contributed by atoms with van der Waals surface area (Å²) >= 11 is 4.89. The maximum absolute atomic E-state index is 11.1. The fourth-order valence-electron chi connectivity index (χ4n) is 3.66. The lowest BCUT2D eigenvalue weighted by Gasteiger charge is -2.45. The fourth-order valence-corrected chi connectivity index (χ4v) is 4.31. The van der Waals surface area contributed by atoms with Crippen LogP contribution in [0.3, 0.4) is 0 Å². The molecule has 0 bridgehead atoms. The Hall–Kier alpha value is -2.11. The summed E-state index contributed by atoms with van der Waals surface area (Å²) in [5.74, 6) is -1.90. The van der Waals surface area contributed by atoms with Crippen molar-refractivity contribution in [1.29, 1.82) is 0 Å². The van der Waals surface area contributed by atoms with Crippen molar-refractivity contribution in [2.45, 2.75) is 16.6 Å².